The Kier molecular flexibility index (Phi) is 5.53. The molecule has 0 aromatic carbocycles. The molecule has 0 atom stereocenters. The van der Waals surface area contributed by atoms with Crippen LogP contribution < -0.4 is 0 Å². The van der Waals surface area contributed by atoms with Gasteiger partial charge >= 0.3 is 5.97 Å². The Morgan fingerprint density at radius 1 is 1.45 bits per heavy atom. The molecule has 2 heteroatoms. The molecule has 0 aliphatic carbocycles. The minimum Gasteiger partial charge on any atom is -0.466 e. The van der Waals surface area contributed by atoms with Gasteiger partial charge < -0.3 is 4.74 Å². The van der Waals surface area contributed by atoms with Gasteiger partial charge in [0, 0.05) is 5.57 Å². The Morgan fingerprint density at radius 3 is 2.55 bits per heavy atom. The Bertz CT molecular complexity index is 138. The number of hydrogen-bond acceptors (Lipinski definition) is 2. The molecule has 0 aliphatic rings. The summed E-state index contributed by atoms with van der Waals surface area (Å²) in [5.41, 5.74) is 0.584. The Morgan fingerprint density at radius 2 is 2.09 bits per heavy atom. The minimum atomic E-state index is -0.277. The number of ether oxygens (including phenoxy) is 1. The third-order valence-electron chi connectivity index (χ3n) is 1.56. The highest BCUT2D eigenvalue weighted by Crippen LogP contribution is 2.07. The second-order valence-corrected chi connectivity index (χ2v) is 2.55. The molecule has 0 aromatic heterocycles. The average Bonchev–Trinajstić information content (AvgIpc) is 2.03. The maximum absolute atomic E-state index is 10.8. The molecule has 0 N–H and O–H groups in total. The van der Waals surface area contributed by atoms with E-state index in [0.29, 0.717) is 5.57 Å². The largest absolute Gasteiger partial charge is 0.466 e. The summed E-state index contributed by atoms with van der Waals surface area (Å²) in [5, 5.41) is 0. The molecule has 0 saturated carbocycles. The summed E-state index contributed by atoms with van der Waals surface area (Å²) >= 11 is 0. The summed E-state index contributed by atoms with van der Waals surface area (Å²) in [5.74, 6) is -0.277. The van der Waals surface area contributed by atoms with Crippen LogP contribution in [0, 0.1) is 0 Å². The van der Waals surface area contributed by atoms with Crippen LogP contribution >= 0.6 is 0 Å². The fraction of sp³-hybridized carbons (Fsp3) is 0.667. The van der Waals surface area contributed by atoms with E-state index >= 15 is 0 Å². The van der Waals surface area contributed by atoms with Gasteiger partial charge in [-0.2, -0.15) is 0 Å². The molecule has 0 spiro atoms. The van der Waals surface area contributed by atoms with Gasteiger partial charge in [-0.3, -0.25) is 0 Å². The Hall–Kier alpha value is -0.790. The number of carbonyl (C=O) groups is 1. The molecule has 0 unspecified atom stereocenters. The molecule has 0 saturated heterocycles. The average molecular weight is 156 g/mol. The minimum absolute atomic E-state index is 0.277. The molecule has 0 amide bonds. The fourth-order valence-corrected chi connectivity index (χ4v) is 0.835. The number of methoxy groups -OCH3 is 1. The standard InChI is InChI=1S/C9H16O2/c1-4-5-6-7-8(2)9(10)11-3/h2,4-7H2,1,3H3. The van der Waals surface area contributed by atoms with Gasteiger partial charge in [-0.1, -0.05) is 26.3 Å². The van der Waals surface area contributed by atoms with E-state index in [1.54, 1.807) is 0 Å². The van der Waals surface area contributed by atoms with Crippen LogP contribution in [-0.2, 0) is 9.53 Å². The number of esters is 1. The molecule has 2 nitrogen and oxygen atoms in total. The van der Waals surface area contributed by atoms with Crippen molar-refractivity contribution >= 4 is 5.97 Å². The highest BCUT2D eigenvalue weighted by molar-refractivity contribution is 5.87. The van der Waals surface area contributed by atoms with Crippen LogP contribution in [0.1, 0.15) is 32.6 Å². The van der Waals surface area contributed by atoms with Gasteiger partial charge in [0.2, 0.25) is 0 Å². The van der Waals surface area contributed by atoms with Gasteiger partial charge in [-0.15, -0.1) is 0 Å². The van der Waals surface area contributed by atoms with E-state index in [2.05, 4.69) is 18.2 Å². The molecule has 0 bridgehead atoms. The van der Waals surface area contributed by atoms with Crippen molar-refractivity contribution in [3.05, 3.63) is 12.2 Å². The van der Waals surface area contributed by atoms with Crippen molar-refractivity contribution in [3.63, 3.8) is 0 Å². The maximum atomic E-state index is 10.8. The zero-order chi connectivity index (χ0) is 8.69. The SMILES string of the molecule is C=C(CCCCC)C(=O)OC. The molecule has 0 radical (unpaired) electrons. The van der Waals surface area contributed by atoms with Crippen molar-refractivity contribution in [1.82, 2.24) is 0 Å². The van der Waals surface area contributed by atoms with E-state index in [1.807, 2.05) is 0 Å². The Labute approximate surface area is 68.2 Å². The van der Waals surface area contributed by atoms with Crippen molar-refractivity contribution in [3.8, 4) is 0 Å². The maximum Gasteiger partial charge on any atom is 0.333 e. The van der Waals surface area contributed by atoms with Crippen LogP contribution in [0.2, 0.25) is 0 Å². The second-order valence-electron chi connectivity index (χ2n) is 2.55. The van der Waals surface area contributed by atoms with Crippen molar-refractivity contribution < 1.29 is 9.53 Å². The monoisotopic (exact) mass is 156 g/mol. The molecule has 64 valence electrons. The summed E-state index contributed by atoms with van der Waals surface area (Å²) in [4.78, 5) is 10.8. The van der Waals surface area contributed by atoms with Gasteiger partial charge in [-0.25, -0.2) is 4.79 Å². The van der Waals surface area contributed by atoms with Crippen molar-refractivity contribution in [2.45, 2.75) is 32.6 Å². The second kappa shape index (κ2) is 5.96. The highest BCUT2D eigenvalue weighted by Gasteiger charge is 2.04. The van der Waals surface area contributed by atoms with E-state index in [0.717, 1.165) is 25.7 Å². The quantitative estimate of drug-likeness (QED) is 0.347. The van der Waals surface area contributed by atoms with E-state index in [4.69, 9.17) is 0 Å². The lowest BCUT2D eigenvalue weighted by molar-refractivity contribution is -0.136. The summed E-state index contributed by atoms with van der Waals surface area (Å²) < 4.78 is 4.50. The molecule has 0 heterocycles. The topological polar surface area (TPSA) is 26.3 Å². The van der Waals surface area contributed by atoms with E-state index in [1.165, 1.54) is 7.11 Å². The smallest absolute Gasteiger partial charge is 0.333 e. The zero-order valence-corrected chi connectivity index (χ0v) is 7.35. The van der Waals surface area contributed by atoms with Crippen LogP contribution in [0.15, 0.2) is 12.2 Å². The normalized spacial score (nSPS) is 9.27. The molecule has 0 aromatic rings. The van der Waals surface area contributed by atoms with Crippen molar-refractivity contribution in [2.75, 3.05) is 7.11 Å². The van der Waals surface area contributed by atoms with Gasteiger partial charge in [0.25, 0.3) is 0 Å². The van der Waals surface area contributed by atoms with Crippen LogP contribution in [0.5, 0.6) is 0 Å². The molecule has 0 rings (SSSR count). The number of hydrogen-bond donors (Lipinski definition) is 0. The predicted molar refractivity (Wildman–Crippen MR) is 45.3 cm³/mol. The van der Waals surface area contributed by atoms with Crippen LogP contribution in [0.25, 0.3) is 0 Å². The molecule has 11 heavy (non-hydrogen) atoms. The number of rotatable bonds is 5. The van der Waals surface area contributed by atoms with Gasteiger partial charge in [0.15, 0.2) is 0 Å². The summed E-state index contributed by atoms with van der Waals surface area (Å²) in [6, 6.07) is 0. The highest BCUT2D eigenvalue weighted by atomic mass is 16.5. The third kappa shape index (κ3) is 4.59. The molecule has 0 fully saturated rings. The van der Waals surface area contributed by atoms with Gasteiger partial charge in [0.05, 0.1) is 7.11 Å². The van der Waals surface area contributed by atoms with E-state index in [-0.39, 0.29) is 5.97 Å². The van der Waals surface area contributed by atoms with Crippen molar-refractivity contribution in [1.29, 1.82) is 0 Å². The first-order chi connectivity index (χ1) is 5.22. The molecular formula is C9H16O2. The number of carbonyl (C=O) groups excluding carboxylic acids is 1. The summed E-state index contributed by atoms with van der Waals surface area (Å²) in [7, 11) is 1.38. The van der Waals surface area contributed by atoms with Gasteiger partial charge in [0.1, 0.15) is 0 Å². The third-order valence-corrected chi connectivity index (χ3v) is 1.56. The van der Waals surface area contributed by atoms with E-state index < -0.39 is 0 Å². The molecule has 0 aliphatic heterocycles. The first-order valence-corrected chi connectivity index (χ1v) is 3.98. The summed E-state index contributed by atoms with van der Waals surface area (Å²) in [6.07, 6.45) is 4.11. The van der Waals surface area contributed by atoms with Crippen LogP contribution in [0.3, 0.4) is 0 Å². The first kappa shape index (κ1) is 10.2. The van der Waals surface area contributed by atoms with Crippen LogP contribution in [-0.4, -0.2) is 13.1 Å². The zero-order valence-electron chi connectivity index (χ0n) is 7.35. The summed E-state index contributed by atoms with van der Waals surface area (Å²) in [6.45, 7) is 5.75. The van der Waals surface area contributed by atoms with E-state index in [9.17, 15) is 4.79 Å². The lowest BCUT2D eigenvalue weighted by Gasteiger charge is -2.01. The lowest BCUT2D eigenvalue weighted by Crippen LogP contribution is -2.03. The van der Waals surface area contributed by atoms with Crippen LogP contribution in [0.4, 0.5) is 0 Å². The molecular weight excluding hydrogens is 140 g/mol. The first-order valence-electron chi connectivity index (χ1n) is 3.98. The lowest BCUT2D eigenvalue weighted by atomic mass is 10.1. The Balaban J connectivity index is 3.44. The predicted octanol–water partition coefficient (Wildman–Crippen LogP) is 2.30. The number of unbranched alkanes of at least 4 members (excludes halogenated alkanes) is 2. The van der Waals surface area contributed by atoms with Gasteiger partial charge in [-0.05, 0) is 12.8 Å². The van der Waals surface area contributed by atoms with Crippen molar-refractivity contribution in [2.24, 2.45) is 0 Å². The fourth-order valence-electron chi connectivity index (χ4n) is 0.835.